The highest BCUT2D eigenvalue weighted by molar-refractivity contribution is 6.00. The number of nitrogens with zero attached hydrogens (tertiary/aromatic N) is 2. The first-order valence-electron chi connectivity index (χ1n) is 10.9. The van der Waals surface area contributed by atoms with Gasteiger partial charge in [-0.2, -0.15) is 0 Å². The lowest BCUT2D eigenvalue weighted by Gasteiger charge is -2.37. The van der Waals surface area contributed by atoms with Crippen LogP contribution in [0.2, 0.25) is 0 Å². The number of ether oxygens (including phenoxy) is 1. The average molecular weight is 399 g/mol. The second-order valence-electron chi connectivity index (χ2n) is 8.56. The quantitative estimate of drug-likeness (QED) is 0.781. The van der Waals surface area contributed by atoms with Crippen molar-refractivity contribution < 1.29 is 19.1 Å². The maximum atomic E-state index is 12.7. The number of fused-ring (bicyclic) bond motifs is 1. The van der Waals surface area contributed by atoms with Crippen LogP contribution in [0.1, 0.15) is 68.1 Å². The summed E-state index contributed by atoms with van der Waals surface area (Å²) in [4.78, 5) is 41.0. The topological polar surface area (TPSA) is 66.9 Å². The van der Waals surface area contributed by atoms with E-state index in [-0.39, 0.29) is 17.6 Å². The molecule has 2 amide bonds. The number of hydrogen-bond acceptors (Lipinski definition) is 4. The summed E-state index contributed by atoms with van der Waals surface area (Å²) >= 11 is 0. The van der Waals surface area contributed by atoms with Crippen molar-refractivity contribution in [3.63, 3.8) is 0 Å². The maximum absolute atomic E-state index is 12.7. The average Bonchev–Trinajstić information content (AvgIpc) is 2.92. The Hall–Kier alpha value is -2.37. The second kappa shape index (κ2) is 8.56. The largest absolute Gasteiger partial charge is 0.486 e. The van der Waals surface area contributed by atoms with Gasteiger partial charge in [0.25, 0.3) is 0 Å². The number of para-hydroxylation sites is 1. The van der Waals surface area contributed by atoms with E-state index in [4.69, 9.17) is 4.74 Å². The van der Waals surface area contributed by atoms with Gasteiger partial charge in [0.1, 0.15) is 11.4 Å². The van der Waals surface area contributed by atoms with Crippen LogP contribution in [-0.2, 0) is 9.59 Å². The molecule has 0 bridgehead atoms. The zero-order chi connectivity index (χ0) is 20.3. The fourth-order valence-corrected chi connectivity index (χ4v) is 4.82. The van der Waals surface area contributed by atoms with E-state index in [9.17, 15) is 14.4 Å². The molecular formula is C23H30N2O4. The number of hydrogen-bond donors (Lipinski definition) is 0. The Morgan fingerprint density at radius 3 is 2.76 bits per heavy atom. The predicted octanol–water partition coefficient (Wildman–Crippen LogP) is 3.20. The first-order chi connectivity index (χ1) is 14.1. The van der Waals surface area contributed by atoms with Crippen LogP contribution in [0.25, 0.3) is 0 Å². The lowest BCUT2D eigenvalue weighted by Crippen LogP contribution is -2.43. The number of ketones is 1. The van der Waals surface area contributed by atoms with Crippen LogP contribution in [-0.4, -0.2) is 59.2 Å². The third-order valence-electron chi connectivity index (χ3n) is 6.49. The number of carbonyl (C=O) groups is 3. The van der Waals surface area contributed by atoms with Crippen LogP contribution in [0, 0.1) is 0 Å². The van der Waals surface area contributed by atoms with Gasteiger partial charge in [0.15, 0.2) is 5.78 Å². The summed E-state index contributed by atoms with van der Waals surface area (Å²) in [6, 6.07) is 7.45. The first kappa shape index (κ1) is 19.9. The molecule has 3 aliphatic heterocycles. The van der Waals surface area contributed by atoms with Crippen LogP contribution in [0.15, 0.2) is 24.3 Å². The molecule has 156 valence electrons. The van der Waals surface area contributed by atoms with Crippen molar-refractivity contribution in [2.24, 2.45) is 0 Å². The first-order valence-corrected chi connectivity index (χ1v) is 10.9. The van der Waals surface area contributed by atoms with E-state index >= 15 is 0 Å². The molecule has 4 rings (SSSR count). The highest BCUT2D eigenvalue weighted by Gasteiger charge is 2.41. The number of amides is 2. The summed E-state index contributed by atoms with van der Waals surface area (Å²) in [5, 5.41) is 0. The summed E-state index contributed by atoms with van der Waals surface area (Å²) < 4.78 is 6.31. The molecule has 1 atom stereocenters. The summed E-state index contributed by atoms with van der Waals surface area (Å²) in [6.07, 6.45) is 6.59. The zero-order valence-electron chi connectivity index (χ0n) is 17.0. The van der Waals surface area contributed by atoms with Crippen LogP contribution in [0.5, 0.6) is 5.75 Å². The lowest BCUT2D eigenvalue weighted by molar-refractivity contribution is -0.135. The van der Waals surface area contributed by atoms with Crippen molar-refractivity contribution in [1.29, 1.82) is 0 Å². The number of Topliss-reactive ketones (excluding diaryl/α,β-unsaturated/α-hetero) is 1. The molecule has 2 fully saturated rings. The number of carbonyl (C=O) groups excluding carboxylic acids is 3. The molecule has 6 nitrogen and oxygen atoms in total. The van der Waals surface area contributed by atoms with E-state index in [1.54, 1.807) is 0 Å². The van der Waals surface area contributed by atoms with Crippen molar-refractivity contribution in [2.75, 3.05) is 26.2 Å². The van der Waals surface area contributed by atoms with Crippen molar-refractivity contribution in [3.8, 4) is 5.75 Å². The van der Waals surface area contributed by atoms with Crippen LogP contribution in [0.3, 0.4) is 0 Å². The van der Waals surface area contributed by atoms with Gasteiger partial charge in [-0.05, 0) is 44.2 Å². The molecule has 1 unspecified atom stereocenters. The van der Waals surface area contributed by atoms with E-state index in [2.05, 4.69) is 0 Å². The van der Waals surface area contributed by atoms with Crippen LogP contribution in [0.4, 0.5) is 0 Å². The number of likely N-dealkylation sites (tertiary alicyclic amines) is 2. The summed E-state index contributed by atoms with van der Waals surface area (Å²) in [5.74, 6) is 1.18. The van der Waals surface area contributed by atoms with Gasteiger partial charge < -0.3 is 14.5 Å². The van der Waals surface area contributed by atoms with Gasteiger partial charge >= 0.3 is 0 Å². The minimum absolute atomic E-state index is 0.137. The smallest absolute Gasteiger partial charge is 0.222 e. The molecule has 6 heteroatoms. The lowest BCUT2D eigenvalue weighted by atomic mass is 9.84. The Labute approximate surface area is 172 Å². The fourth-order valence-electron chi connectivity index (χ4n) is 4.82. The second-order valence-corrected chi connectivity index (χ2v) is 8.56. The molecule has 3 heterocycles. The molecular weight excluding hydrogens is 368 g/mol. The zero-order valence-corrected chi connectivity index (χ0v) is 17.0. The monoisotopic (exact) mass is 398 g/mol. The molecule has 1 aromatic carbocycles. The van der Waals surface area contributed by atoms with Crippen LogP contribution < -0.4 is 4.74 Å². The van der Waals surface area contributed by atoms with Gasteiger partial charge in [0, 0.05) is 45.4 Å². The Morgan fingerprint density at radius 2 is 1.90 bits per heavy atom. The summed E-state index contributed by atoms with van der Waals surface area (Å²) in [7, 11) is 0. The van der Waals surface area contributed by atoms with Crippen molar-refractivity contribution >= 4 is 17.6 Å². The van der Waals surface area contributed by atoms with Crippen molar-refractivity contribution in [1.82, 2.24) is 9.80 Å². The molecule has 0 aromatic heterocycles. The number of piperidine rings is 1. The fraction of sp³-hybridized carbons (Fsp3) is 0.609. The molecule has 0 aliphatic carbocycles. The maximum Gasteiger partial charge on any atom is 0.222 e. The third kappa shape index (κ3) is 4.46. The molecule has 1 aromatic rings. The number of benzene rings is 1. The Bertz CT molecular complexity index is 793. The minimum atomic E-state index is -0.485. The van der Waals surface area contributed by atoms with Gasteiger partial charge in [-0.25, -0.2) is 0 Å². The summed E-state index contributed by atoms with van der Waals surface area (Å²) in [6.45, 7) is 2.84. The highest BCUT2D eigenvalue weighted by Crippen LogP contribution is 2.39. The normalized spacial score (nSPS) is 24.8. The predicted molar refractivity (Wildman–Crippen MR) is 109 cm³/mol. The minimum Gasteiger partial charge on any atom is -0.486 e. The van der Waals surface area contributed by atoms with Gasteiger partial charge in [0.2, 0.25) is 11.8 Å². The molecule has 0 radical (unpaired) electrons. The molecule has 1 spiro atoms. The van der Waals surface area contributed by atoms with Crippen molar-refractivity contribution in [3.05, 3.63) is 29.8 Å². The molecule has 0 saturated carbocycles. The Morgan fingerprint density at radius 1 is 1.03 bits per heavy atom. The van der Waals surface area contributed by atoms with E-state index < -0.39 is 5.60 Å². The number of rotatable bonds is 4. The molecule has 3 aliphatic rings. The Balaban J connectivity index is 1.30. The van der Waals surface area contributed by atoms with Crippen molar-refractivity contribution in [2.45, 2.75) is 63.4 Å². The molecule has 29 heavy (non-hydrogen) atoms. The Kier molecular flexibility index (Phi) is 5.88. The third-order valence-corrected chi connectivity index (χ3v) is 6.49. The summed E-state index contributed by atoms with van der Waals surface area (Å²) in [5.41, 5.74) is 0.184. The highest BCUT2D eigenvalue weighted by atomic mass is 16.5. The van der Waals surface area contributed by atoms with E-state index in [0.29, 0.717) is 63.1 Å². The SMILES string of the molecule is O=C1CC2(CCCN(C(=O)CCCN3CCCCC3=O)CC2)Oc2ccccc21. The van der Waals surface area contributed by atoms with E-state index in [1.165, 1.54) is 0 Å². The van der Waals surface area contributed by atoms with Gasteiger partial charge in [-0.1, -0.05) is 12.1 Å². The van der Waals surface area contributed by atoms with E-state index in [1.807, 2.05) is 34.1 Å². The molecule has 0 N–H and O–H groups in total. The standard InChI is InChI=1S/C23H30N2O4/c26-19-17-23(29-20-8-2-1-7-18(19)20)11-6-15-25(16-12-23)22(28)10-5-14-24-13-4-3-9-21(24)27/h1-2,7-8H,3-6,9-17H2. The van der Waals surface area contributed by atoms with Gasteiger partial charge in [-0.15, -0.1) is 0 Å². The van der Waals surface area contributed by atoms with Gasteiger partial charge in [0.05, 0.1) is 12.0 Å². The van der Waals surface area contributed by atoms with E-state index in [0.717, 1.165) is 32.2 Å². The van der Waals surface area contributed by atoms with Crippen LogP contribution >= 0.6 is 0 Å². The van der Waals surface area contributed by atoms with Gasteiger partial charge in [-0.3, -0.25) is 14.4 Å². The molecule has 2 saturated heterocycles.